The van der Waals surface area contributed by atoms with Gasteiger partial charge in [0.2, 0.25) is 5.91 Å². The summed E-state index contributed by atoms with van der Waals surface area (Å²) in [5, 5.41) is 0. The molecule has 6 rings (SSSR count). The molecule has 5 heteroatoms. The lowest BCUT2D eigenvalue weighted by atomic mass is 9.49. The van der Waals surface area contributed by atoms with Crippen molar-refractivity contribution in [1.29, 1.82) is 0 Å². The van der Waals surface area contributed by atoms with Crippen LogP contribution in [0.5, 0.6) is 5.75 Å². The number of benzene rings is 1. The molecule has 0 saturated heterocycles. The van der Waals surface area contributed by atoms with E-state index in [4.69, 9.17) is 4.74 Å². The molecular formula is C21H26N2O3. The highest BCUT2D eigenvalue weighted by atomic mass is 16.5. The van der Waals surface area contributed by atoms with E-state index in [1.54, 1.807) is 0 Å². The van der Waals surface area contributed by atoms with Crippen LogP contribution in [-0.2, 0) is 16.0 Å². The first kappa shape index (κ1) is 16.2. The van der Waals surface area contributed by atoms with Gasteiger partial charge >= 0.3 is 0 Å². The van der Waals surface area contributed by atoms with Crippen molar-refractivity contribution in [3.05, 3.63) is 29.8 Å². The van der Waals surface area contributed by atoms with Crippen LogP contribution in [0.4, 0.5) is 0 Å². The van der Waals surface area contributed by atoms with E-state index < -0.39 is 6.10 Å². The maximum Gasteiger partial charge on any atom is 0.279 e. The predicted octanol–water partition coefficient (Wildman–Crippen LogP) is 2.74. The van der Waals surface area contributed by atoms with Crippen LogP contribution in [0.3, 0.4) is 0 Å². The summed E-state index contributed by atoms with van der Waals surface area (Å²) in [4.78, 5) is 24.8. The van der Waals surface area contributed by atoms with Gasteiger partial charge in [-0.25, -0.2) is 0 Å². The summed E-state index contributed by atoms with van der Waals surface area (Å²) >= 11 is 0. The zero-order valence-corrected chi connectivity index (χ0v) is 15.0. The first-order valence-electron chi connectivity index (χ1n) is 9.92. The van der Waals surface area contributed by atoms with Gasteiger partial charge in [-0.3, -0.25) is 20.4 Å². The summed E-state index contributed by atoms with van der Waals surface area (Å²) in [5.74, 6) is 2.90. The molecule has 5 aliphatic rings. The van der Waals surface area contributed by atoms with Crippen LogP contribution in [0.1, 0.15) is 50.5 Å². The number of hydrazine groups is 1. The normalized spacial score (nSPS) is 36.3. The molecule has 5 nitrogen and oxygen atoms in total. The Hall–Kier alpha value is -2.04. The Morgan fingerprint density at radius 3 is 2.31 bits per heavy atom. The second-order valence-electron chi connectivity index (χ2n) is 9.05. The van der Waals surface area contributed by atoms with E-state index in [1.807, 2.05) is 24.3 Å². The van der Waals surface area contributed by atoms with Crippen LogP contribution in [0, 0.1) is 23.2 Å². The van der Waals surface area contributed by atoms with Gasteiger partial charge in [-0.05, 0) is 73.3 Å². The lowest BCUT2D eigenvalue weighted by molar-refractivity contribution is -0.136. The van der Waals surface area contributed by atoms with Gasteiger partial charge in [-0.2, -0.15) is 0 Å². The van der Waals surface area contributed by atoms with E-state index in [1.165, 1.54) is 38.5 Å². The summed E-state index contributed by atoms with van der Waals surface area (Å²) < 4.78 is 5.67. The fourth-order valence-corrected chi connectivity index (χ4v) is 6.43. The van der Waals surface area contributed by atoms with Crippen molar-refractivity contribution in [2.24, 2.45) is 23.2 Å². The highest BCUT2D eigenvalue weighted by Gasteiger charge is 2.51. The van der Waals surface area contributed by atoms with Gasteiger partial charge in [-0.15, -0.1) is 0 Å². The Bertz CT molecular complexity index is 684. The van der Waals surface area contributed by atoms with Crippen LogP contribution >= 0.6 is 0 Å². The number of carbonyl (C=O) groups excluding carboxylic acids is 2. The summed E-state index contributed by atoms with van der Waals surface area (Å²) in [6.45, 7) is 0. The van der Waals surface area contributed by atoms with Crippen molar-refractivity contribution in [3.63, 3.8) is 0 Å². The molecule has 2 N–H and O–H groups in total. The van der Waals surface area contributed by atoms with Gasteiger partial charge in [0, 0.05) is 12.8 Å². The zero-order valence-electron chi connectivity index (χ0n) is 15.0. The minimum Gasteiger partial charge on any atom is -0.480 e. The number of hydrogen-bond acceptors (Lipinski definition) is 3. The van der Waals surface area contributed by atoms with E-state index >= 15 is 0 Å². The topological polar surface area (TPSA) is 67.4 Å². The standard InChI is InChI=1S/C21H26N2O3/c24-19(12-21-9-13-5-14(10-21)7-15(6-13)11-21)22-23-20(25)18-8-16-3-1-2-4-17(16)26-18/h1-4,13-15,18H,5-12H2,(H,22,24)(H,23,25)/t13?,14?,15?,18-,21?/m1/s1. The number of amides is 2. The van der Waals surface area contributed by atoms with Crippen molar-refractivity contribution in [2.45, 2.75) is 57.5 Å². The maximum atomic E-state index is 12.5. The molecule has 1 aliphatic heterocycles. The average molecular weight is 354 g/mol. The van der Waals surface area contributed by atoms with Crippen LogP contribution in [0.2, 0.25) is 0 Å². The molecule has 4 bridgehead atoms. The number of hydrogen-bond donors (Lipinski definition) is 2. The Morgan fingerprint density at radius 1 is 1.00 bits per heavy atom. The molecule has 4 saturated carbocycles. The summed E-state index contributed by atoms with van der Waals surface area (Å²) in [5.41, 5.74) is 6.44. The molecular weight excluding hydrogens is 328 g/mol. The van der Waals surface area contributed by atoms with Crippen molar-refractivity contribution in [1.82, 2.24) is 10.9 Å². The number of para-hydroxylation sites is 1. The van der Waals surface area contributed by atoms with Gasteiger partial charge in [0.1, 0.15) is 5.75 Å². The Balaban J connectivity index is 1.14. The van der Waals surface area contributed by atoms with E-state index in [2.05, 4.69) is 10.9 Å². The second kappa shape index (κ2) is 6.00. The summed E-state index contributed by atoms with van der Waals surface area (Å²) in [6, 6.07) is 7.67. The third-order valence-corrected chi connectivity index (χ3v) is 6.97. The molecule has 1 aromatic rings. The zero-order chi connectivity index (χ0) is 17.7. The Morgan fingerprint density at radius 2 is 1.65 bits per heavy atom. The first-order chi connectivity index (χ1) is 12.6. The van der Waals surface area contributed by atoms with E-state index in [9.17, 15) is 9.59 Å². The van der Waals surface area contributed by atoms with E-state index in [-0.39, 0.29) is 17.2 Å². The molecule has 26 heavy (non-hydrogen) atoms. The average Bonchev–Trinajstić information content (AvgIpc) is 3.02. The van der Waals surface area contributed by atoms with Gasteiger partial charge in [0.05, 0.1) is 0 Å². The van der Waals surface area contributed by atoms with Gasteiger partial charge in [0.15, 0.2) is 6.10 Å². The number of rotatable bonds is 3. The second-order valence-corrected chi connectivity index (χ2v) is 9.05. The van der Waals surface area contributed by atoms with Gasteiger partial charge in [-0.1, -0.05) is 18.2 Å². The molecule has 1 aromatic carbocycles. The monoisotopic (exact) mass is 354 g/mol. The number of nitrogens with one attached hydrogen (secondary N) is 2. The minimum atomic E-state index is -0.563. The lowest BCUT2D eigenvalue weighted by Gasteiger charge is -2.56. The molecule has 1 atom stereocenters. The molecule has 0 radical (unpaired) electrons. The highest BCUT2D eigenvalue weighted by Crippen LogP contribution is 2.61. The molecule has 0 spiro atoms. The SMILES string of the molecule is O=C(CC12CC3CC(CC(C3)C1)C2)NNC(=O)[C@H]1Cc2ccccc2O1. The van der Waals surface area contributed by atoms with E-state index in [0.717, 1.165) is 29.1 Å². The predicted molar refractivity (Wildman–Crippen MR) is 96.1 cm³/mol. The van der Waals surface area contributed by atoms with Crippen LogP contribution in [0.25, 0.3) is 0 Å². The fraction of sp³-hybridized carbons (Fsp3) is 0.619. The summed E-state index contributed by atoms with van der Waals surface area (Å²) in [6.07, 6.45) is 8.23. The van der Waals surface area contributed by atoms with Crippen molar-refractivity contribution in [2.75, 3.05) is 0 Å². The molecule has 2 amide bonds. The molecule has 138 valence electrons. The van der Waals surface area contributed by atoms with Crippen LogP contribution in [-0.4, -0.2) is 17.9 Å². The number of fused-ring (bicyclic) bond motifs is 1. The van der Waals surface area contributed by atoms with Crippen molar-refractivity contribution < 1.29 is 14.3 Å². The third kappa shape index (κ3) is 2.87. The lowest BCUT2D eigenvalue weighted by Crippen LogP contribution is -2.51. The van der Waals surface area contributed by atoms with Gasteiger partial charge in [0.25, 0.3) is 5.91 Å². The van der Waals surface area contributed by atoms with Crippen LogP contribution < -0.4 is 15.6 Å². The summed E-state index contributed by atoms with van der Waals surface area (Å²) in [7, 11) is 0. The molecule has 0 unspecified atom stereocenters. The van der Waals surface area contributed by atoms with E-state index in [0.29, 0.717) is 12.8 Å². The highest BCUT2D eigenvalue weighted by molar-refractivity contribution is 5.86. The maximum absolute atomic E-state index is 12.5. The quantitative estimate of drug-likeness (QED) is 0.820. The molecule has 0 aromatic heterocycles. The molecule has 4 aliphatic carbocycles. The Labute approximate surface area is 153 Å². The van der Waals surface area contributed by atoms with Crippen molar-refractivity contribution >= 4 is 11.8 Å². The van der Waals surface area contributed by atoms with Crippen molar-refractivity contribution in [3.8, 4) is 5.75 Å². The third-order valence-electron chi connectivity index (χ3n) is 6.97. The Kier molecular flexibility index (Phi) is 3.73. The molecule has 4 fully saturated rings. The fourth-order valence-electron chi connectivity index (χ4n) is 6.43. The molecule has 1 heterocycles. The van der Waals surface area contributed by atoms with Crippen LogP contribution in [0.15, 0.2) is 24.3 Å². The smallest absolute Gasteiger partial charge is 0.279 e. The first-order valence-corrected chi connectivity index (χ1v) is 9.92. The van der Waals surface area contributed by atoms with Gasteiger partial charge < -0.3 is 4.74 Å². The number of ether oxygens (including phenoxy) is 1. The number of carbonyl (C=O) groups is 2. The minimum absolute atomic E-state index is 0.0594. The largest absolute Gasteiger partial charge is 0.480 e.